The van der Waals surface area contributed by atoms with Crippen molar-refractivity contribution in [3.8, 4) is 11.8 Å². The number of benzene rings is 2. The third-order valence-electron chi connectivity index (χ3n) is 3.50. The van der Waals surface area contributed by atoms with E-state index >= 15 is 0 Å². The maximum atomic E-state index is 11.7. The van der Waals surface area contributed by atoms with E-state index in [0.717, 1.165) is 11.3 Å². The molecule has 0 unspecified atom stereocenters. The number of carbonyl (C=O) groups excluding carboxylic acids is 1. The SMILES string of the molecule is CN(C)c1ccc(C#CCNC(=O)/C=C/c2ccc([N+](=O)[O-])cc2)cc1. The molecule has 6 nitrogen and oxygen atoms in total. The molecular weight excluding hydrogens is 330 g/mol. The molecule has 2 aromatic carbocycles. The number of nitrogens with zero attached hydrogens (tertiary/aromatic N) is 2. The van der Waals surface area contributed by atoms with Crippen LogP contribution in [-0.2, 0) is 4.79 Å². The van der Waals surface area contributed by atoms with Crippen molar-refractivity contribution in [3.05, 3.63) is 75.8 Å². The minimum atomic E-state index is -0.465. The second kappa shape index (κ2) is 9.04. The fraction of sp³-hybridized carbons (Fsp3) is 0.150. The zero-order chi connectivity index (χ0) is 18.9. The van der Waals surface area contributed by atoms with E-state index in [-0.39, 0.29) is 18.1 Å². The largest absolute Gasteiger partial charge is 0.378 e. The Morgan fingerprint density at radius 1 is 1.15 bits per heavy atom. The molecule has 1 N–H and O–H groups in total. The predicted octanol–water partition coefficient (Wildman–Crippen LogP) is 2.84. The fourth-order valence-corrected chi connectivity index (χ4v) is 2.06. The third kappa shape index (κ3) is 5.80. The Kier molecular flexibility index (Phi) is 6.52. The topological polar surface area (TPSA) is 75.5 Å². The lowest BCUT2D eigenvalue weighted by Gasteiger charge is -2.11. The van der Waals surface area contributed by atoms with Crippen LogP contribution in [0.4, 0.5) is 11.4 Å². The van der Waals surface area contributed by atoms with Crippen LogP contribution in [-0.4, -0.2) is 31.5 Å². The van der Waals surface area contributed by atoms with Gasteiger partial charge in [-0.05, 0) is 48.0 Å². The number of nitro benzene ring substituents is 1. The molecule has 2 aromatic rings. The van der Waals surface area contributed by atoms with E-state index in [1.165, 1.54) is 18.2 Å². The van der Waals surface area contributed by atoms with Gasteiger partial charge in [-0.3, -0.25) is 14.9 Å². The van der Waals surface area contributed by atoms with Crippen molar-refractivity contribution in [2.24, 2.45) is 0 Å². The number of anilines is 1. The molecule has 0 aliphatic heterocycles. The summed E-state index contributed by atoms with van der Waals surface area (Å²) in [5.74, 6) is 5.60. The monoisotopic (exact) mass is 349 g/mol. The van der Waals surface area contributed by atoms with E-state index in [1.807, 2.05) is 43.3 Å². The van der Waals surface area contributed by atoms with Crippen LogP contribution >= 0.6 is 0 Å². The summed E-state index contributed by atoms with van der Waals surface area (Å²) < 4.78 is 0. The van der Waals surface area contributed by atoms with Gasteiger partial charge in [-0.25, -0.2) is 0 Å². The average Bonchev–Trinajstić information content (AvgIpc) is 2.64. The second-order valence-electron chi connectivity index (χ2n) is 5.64. The number of non-ortho nitro benzene ring substituents is 1. The van der Waals surface area contributed by atoms with Crippen molar-refractivity contribution in [1.82, 2.24) is 5.32 Å². The van der Waals surface area contributed by atoms with E-state index in [1.54, 1.807) is 18.2 Å². The molecule has 0 fully saturated rings. The lowest BCUT2D eigenvalue weighted by atomic mass is 10.2. The maximum absolute atomic E-state index is 11.7. The standard InChI is InChI=1S/C20H19N3O3/c1-22(2)18-10-5-16(6-11-18)4-3-15-21-20(24)14-9-17-7-12-19(13-8-17)23(25)26/h5-14H,15H2,1-2H3,(H,21,24)/b14-9+. The molecule has 6 heteroatoms. The summed E-state index contributed by atoms with van der Waals surface area (Å²) in [6, 6.07) is 13.8. The van der Waals surface area contributed by atoms with Crippen molar-refractivity contribution in [2.45, 2.75) is 0 Å². The lowest BCUT2D eigenvalue weighted by molar-refractivity contribution is -0.384. The van der Waals surface area contributed by atoms with Gasteiger partial charge >= 0.3 is 0 Å². The molecule has 0 aliphatic rings. The predicted molar refractivity (Wildman–Crippen MR) is 103 cm³/mol. The Labute approximate surface area is 152 Å². The zero-order valence-electron chi connectivity index (χ0n) is 14.6. The van der Waals surface area contributed by atoms with Crippen LogP contribution < -0.4 is 10.2 Å². The summed E-state index contributed by atoms with van der Waals surface area (Å²) in [7, 11) is 3.95. The number of nitrogens with one attached hydrogen (secondary N) is 1. The van der Waals surface area contributed by atoms with Crippen LogP contribution in [0.1, 0.15) is 11.1 Å². The Morgan fingerprint density at radius 3 is 2.38 bits per heavy atom. The van der Waals surface area contributed by atoms with Crippen LogP contribution in [0.2, 0.25) is 0 Å². The minimum Gasteiger partial charge on any atom is -0.378 e. The van der Waals surface area contributed by atoms with E-state index in [0.29, 0.717) is 5.56 Å². The first-order chi connectivity index (χ1) is 12.5. The van der Waals surface area contributed by atoms with Crippen LogP contribution in [0.3, 0.4) is 0 Å². The van der Waals surface area contributed by atoms with Gasteiger partial charge in [0, 0.05) is 43.6 Å². The summed E-state index contributed by atoms with van der Waals surface area (Å²) in [6.07, 6.45) is 2.96. The van der Waals surface area contributed by atoms with Gasteiger partial charge in [0.05, 0.1) is 11.5 Å². The first-order valence-corrected chi connectivity index (χ1v) is 7.92. The highest BCUT2D eigenvalue weighted by Gasteiger charge is 2.02. The highest BCUT2D eigenvalue weighted by atomic mass is 16.6. The third-order valence-corrected chi connectivity index (χ3v) is 3.50. The molecule has 0 saturated carbocycles. The van der Waals surface area contributed by atoms with Crippen LogP contribution in [0.5, 0.6) is 0 Å². The quantitative estimate of drug-likeness (QED) is 0.390. The molecule has 2 rings (SSSR count). The molecule has 132 valence electrons. The highest BCUT2D eigenvalue weighted by Crippen LogP contribution is 2.13. The van der Waals surface area contributed by atoms with Crippen molar-refractivity contribution >= 4 is 23.4 Å². The summed E-state index contributed by atoms with van der Waals surface area (Å²) in [5, 5.41) is 13.2. The summed E-state index contributed by atoms with van der Waals surface area (Å²) in [5.41, 5.74) is 2.70. The zero-order valence-corrected chi connectivity index (χ0v) is 14.6. The Hall–Kier alpha value is -3.59. The molecule has 0 spiro atoms. The first kappa shape index (κ1) is 18.7. The normalized spacial score (nSPS) is 10.1. The summed E-state index contributed by atoms with van der Waals surface area (Å²) in [4.78, 5) is 23.9. The van der Waals surface area contributed by atoms with Gasteiger partial charge in [0.25, 0.3) is 5.69 Å². The molecule has 0 aliphatic carbocycles. The fourth-order valence-electron chi connectivity index (χ4n) is 2.06. The molecular formula is C20H19N3O3. The number of rotatable bonds is 5. The van der Waals surface area contributed by atoms with Gasteiger partial charge in [0.15, 0.2) is 0 Å². The first-order valence-electron chi connectivity index (χ1n) is 7.92. The van der Waals surface area contributed by atoms with E-state index in [2.05, 4.69) is 17.2 Å². The number of amides is 1. The van der Waals surface area contributed by atoms with Crippen LogP contribution in [0, 0.1) is 22.0 Å². The smallest absolute Gasteiger partial charge is 0.269 e. The summed E-state index contributed by atoms with van der Waals surface area (Å²) >= 11 is 0. The number of carbonyl (C=O) groups is 1. The van der Waals surface area contributed by atoms with Crippen LogP contribution in [0.15, 0.2) is 54.6 Å². The van der Waals surface area contributed by atoms with Gasteiger partial charge < -0.3 is 10.2 Å². The number of hydrogen-bond acceptors (Lipinski definition) is 4. The minimum absolute atomic E-state index is 0.0143. The van der Waals surface area contributed by atoms with E-state index < -0.39 is 4.92 Å². The van der Waals surface area contributed by atoms with Gasteiger partial charge in [0.1, 0.15) is 0 Å². The van der Waals surface area contributed by atoms with E-state index in [9.17, 15) is 14.9 Å². The molecule has 0 bridgehead atoms. The molecule has 26 heavy (non-hydrogen) atoms. The second-order valence-corrected chi connectivity index (χ2v) is 5.64. The maximum Gasteiger partial charge on any atom is 0.269 e. The van der Waals surface area contributed by atoms with Crippen molar-refractivity contribution in [1.29, 1.82) is 0 Å². The highest BCUT2D eigenvalue weighted by molar-refractivity contribution is 5.91. The van der Waals surface area contributed by atoms with E-state index in [4.69, 9.17) is 0 Å². The number of hydrogen-bond donors (Lipinski definition) is 1. The van der Waals surface area contributed by atoms with Gasteiger partial charge in [-0.15, -0.1) is 0 Å². The molecule has 0 atom stereocenters. The lowest BCUT2D eigenvalue weighted by Crippen LogP contribution is -2.20. The van der Waals surface area contributed by atoms with Crippen LogP contribution in [0.25, 0.3) is 6.08 Å². The van der Waals surface area contributed by atoms with Gasteiger partial charge in [0.2, 0.25) is 5.91 Å². The molecule has 0 heterocycles. The average molecular weight is 349 g/mol. The molecule has 0 saturated heterocycles. The van der Waals surface area contributed by atoms with Gasteiger partial charge in [-0.2, -0.15) is 0 Å². The molecule has 0 radical (unpaired) electrons. The van der Waals surface area contributed by atoms with Crippen molar-refractivity contribution in [2.75, 3.05) is 25.5 Å². The van der Waals surface area contributed by atoms with Gasteiger partial charge in [-0.1, -0.05) is 11.8 Å². The van der Waals surface area contributed by atoms with Crippen molar-refractivity contribution in [3.63, 3.8) is 0 Å². The Bertz CT molecular complexity index is 858. The molecule has 0 aromatic heterocycles. The Balaban J connectivity index is 1.82. The summed E-state index contributed by atoms with van der Waals surface area (Å²) in [6.45, 7) is 0.235. The van der Waals surface area contributed by atoms with Crippen molar-refractivity contribution < 1.29 is 9.72 Å². The molecule has 1 amide bonds. The Morgan fingerprint density at radius 2 is 1.81 bits per heavy atom. The number of nitro groups is 1.